The second-order valence-corrected chi connectivity index (χ2v) is 10.8. The molecular formula is C29H56N2O3. The molecule has 0 aromatic carbocycles. The highest BCUT2D eigenvalue weighted by atomic mass is 16.7. The van der Waals surface area contributed by atoms with Crippen LogP contribution in [0.15, 0.2) is 0 Å². The molecule has 0 spiro atoms. The van der Waals surface area contributed by atoms with E-state index in [1.54, 1.807) is 0 Å². The molecule has 0 saturated heterocycles. The Labute approximate surface area is 211 Å². The van der Waals surface area contributed by atoms with Gasteiger partial charge >= 0.3 is 6.16 Å². The Bertz CT molecular complexity index is 470. The molecule has 0 aliphatic heterocycles. The highest BCUT2D eigenvalue weighted by Gasteiger charge is 2.36. The summed E-state index contributed by atoms with van der Waals surface area (Å²) in [6.07, 6.45) is 18.2. The van der Waals surface area contributed by atoms with Crippen molar-refractivity contribution in [3.05, 3.63) is 0 Å². The van der Waals surface area contributed by atoms with Gasteiger partial charge in [-0.25, -0.2) is 4.79 Å². The molecule has 0 radical (unpaired) electrons. The Balaban J connectivity index is 2.00. The largest absolute Gasteiger partial charge is 0.508 e. The van der Waals surface area contributed by atoms with E-state index in [1.807, 2.05) is 0 Å². The molecule has 34 heavy (non-hydrogen) atoms. The summed E-state index contributed by atoms with van der Waals surface area (Å²) in [6, 6.07) is 0.708. The molecule has 5 nitrogen and oxygen atoms in total. The third kappa shape index (κ3) is 10.0. The molecule has 2 unspecified atom stereocenters. The topological polar surface area (TPSA) is 42.0 Å². The highest BCUT2D eigenvalue weighted by Crippen LogP contribution is 2.30. The molecular weight excluding hydrogens is 424 g/mol. The van der Waals surface area contributed by atoms with E-state index >= 15 is 0 Å². The van der Waals surface area contributed by atoms with Crippen molar-refractivity contribution >= 4 is 6.16 Å². The lowest BCUT2D eigenvalue weighted by Crippen LogP contribution is -2.50. The minimum atomic E-state index is -0.411. The van der Waals surface area contributed by atoms with E-state index in [9.17, 15) is 4.79 Å². The van der Waals surface area contributed by atoms with Crippen molar-refractivity contribution in [2.24, 2.45) is 0 Å². The van der Waals surface area contributed by atoms with Gasteiger partial charge in [0.15, 0.2) is 0 Å². The summed E-state index contributed by atoms with van der Waals surface area (Å²) in [7, 11) is 0. The summed E-state index contributed by atoms with van der Waals surface area (Å²) in [4.78, 5) is 18.3. The van der Waals surface area contributed by atoms with Crippen LogP contribution in [0.4, 0.5) is 4.79 Å². The Kier molecular flexibility index (Phi) is 15.2. The molecule has 0 heterocycles. The van der Waals surface area contributed by atoms with Crippen LogP contribution >= 0.6 is 0 Å². The first kappa shape index (κ1) is 29.4. The summed E-state index contributed by atoms with van der Waals surface area (Å²) in [5.41, 5.74) is 0. The zero-order valence-corrected chi connectivity index (χ0v) is 23.1. The number of hydrogen-bond donors (Lipinski definition) is 0. The zero-order chi connectivity index (χ0) is 24.6. The first-order valence-corrected chi connectivity index (χ1v) is 15.0. The number of carbonyl (C=O) groups excluding carboxylic acids is 1. The third-order valence-corrected chi connectivity index (χ3v) is 7.96. The molecule has 5 heteroatoms. The number of hydrogen-bond acceptors (Lipinski definition) is 5. The van der Waals surface area contributed by atoms with E-state index < -0.39 is 6.16 Å². The molecule has 2 fully saturated rings. The fourth-order valence-corrected chi connectivity index (χ4v) is 5.87. The average Bonchev–Trinajstić information content (AvgIpc) is 2.85. The van der Waals surface area contributed by atoms with Gasteiger partial charge in [0.2, 0.25) is 0 Å². The predicted octanol–water partition coefficient (Wildman–Crippen LogP) is 7.57. The van der Waals surface area contributed by atoms with Crippen LogP contribution in [0, 0.1) is 0 Å². The number of carbonyl (C=O) groups is 1. The van der Waals surface area contributed by atoms with Gasteiger partial charge in [0.1, 0.15) is 12.2 Å². The quantitative estimate of drug-likeness (QED) is 0.213. The van der Waals surface area contributed by atoms with Crippen molar-refractivity contribution in [1.82, 2.24) is 9.80 Å². The summed E-state index contributed by atoms with van der Waals surface area (Å²) in [5.74, 6) is 0. The molecule has 0 aromatic rings. The Morgan fingerprint density at radius 2 is 0.912 bits per heavy atom. The van der Waals surface area contributed by atoms with E-state index in [2.05, 4.69) is 37.5 Å². The SMILES string of the molecule is CCCCN(CCCC)C1CCCCC1OC(=O)O[C@@H]1CCCC[C@H]1N(CCCC)CCCC. The lowest BCUT2D eigenvalue weighted by molar-refractivity contribution is -0.0668. The van der Waals surface area contributed by atoms with Crippen molar-refractivity contribution in [3.63, 3.8) is 0 Å². The smallest absolute Gasteiger partial charge is 0.429 e. The minimum absolute atomic E-state index is 0.0201. The highest BCUT2D eigenvalue weighted by molar-refractivity contribution is 5.60. The van der Waals surface area contributed by atoms with Crippen LogP contribution in [0.3, 0.4) is 0 Å². The molecule has 2 saturated carbocycles. The van der Waals surface area contributed by atoms with Gasteiger partial charge in [-0.15, -0.1) is 0 Å². The molecule has 2 aliphatic carbocycles. The van der Waals surface area contributed by atoms with Crippen molar-refractivity contribution in [2.75, 3.05) is 26.2 Å². The van der Waals surface area contributed by atoms with Crippen LogP contribution in [0.2, 0.25) is 0 Å². The summed E-state index contributed by atoms with van der Waals surface area (Å²) >= 11 is 0. The molecule has 4 atom stereocenters. The second kappa shape index (κ2) is 17.6. The summed E-state index contributed by atoms with van der Waals surface area (Å²) < 4.78 is 12.2. The fourth-order valence-electron chi connectivity index (χ4n) is 5.87. The van der Waals surface area contributed by atoms with Gasteiger partial charge in [0.05, 0.1) is 0 Å². The van der Waals surface area contributed by atoms with Gasteiger partial charge in [-0.3, -0.25) is 9.80 Å². The van der Waals surface area contributed by atoms with Gasteiger partial charge in [0, 0.05) is 12.1 Å². The van der Waals surface area contributed by atoms with Crippen molar-refractivity contribution in [1.29, 1.82) is 0 Å². The number of rotatable bonds is 16. The van der Waals surface area contributed by atoms with Gasteiger partial charge in [-0.05, 0) is 90.4 Å². The minimum Gasteiger partial charge on any atom is -0.429 e. The molecule has 0 aromatic heterocycles. The Morgan fingerprint density at radius 1 is 0.588 bits per heavy atom. The first-order chi connectivity index (χ1) is 16.6. The van der Waals surface area contributed by atoms with Crippen LogP contribution < -0.4 is 0 Å². The van der Waals surface area contributed by atoms with Crippen molar-refractivity contribution < 1.29 is 14.3 Å². The van der Waals surface area contributed by atoms with Gasteiger partial charge in [-0.2, -0.15) is 0 Å². The van der Waals surface area contributed by atoms with E-state index in [4.69, 9.17) is 9.47 Å². The Morgan fingerprint density at radius 3 is 1.24 bits per heavy atom. The monoisotopic (exact) mass is 480 g/mol. The first-order valence-electron chi connectivity index (χ1n) is 15.0. The Hall–Kier alpha value is -0.810. The molecule has 0 N–H and O–H groups in total. The van der Waals surface area contributed by atoms with Gasteiger partial charge < -0.3 is 9.47 Å². The maximum Gasteiger partial charge on any atom is 0.508 e. The summed E-state index contributed by atoms with van der Waals surface area (Å²) in [5, 5.41) is 0. The molecule has 200 valence electrons. The van der Waals surface area contributed by atoms with Crippen molar-refractivity contribution in [3.8, 4) is 0 Å². The maximum atomic E-state index is 13.1. The maximum absolute atomic E-state index is 13.1. The van der Waals surface area contributed by atoms with E-state index in [1.165, 1.54) is 64.2 Å². The standard InChI is InChI=1S/C29H56N2O3/c1-5-9-21-30(22-10-6-2)25-17-13-15-19-27(25)33-29(32)34-28-20-16-14-18-26(28)31(23-11-7-3)24-12-8-4/h25-28H,5-24H2,1-4H3/t25-,26?,27-,28?/m1/s1. The zero-order valence-electron chi connectivity index (χ0n) is 23.1. The normalized spacial score (nSPS) is 25.6. The van der Waals surface area contributed by atoms with Crippen molar-refractivity contribution in [2.45, 2.75) is 155 Å². The molecule has 2 rings (SSSR count). The predicted molar refractivity (Wildman–Crippen MR) is 142 cm³/mol. The lowest BCUT2D eigenvalue weighted by atomic mass is 9.90. The molecule has 2 aliphatic rings. The van der Waals surface area contributed by atoms with E-state index in [0.29, 0.717) is 12.1 Å². The lowest BCUT2D eigenvalue weighted by Gasteiger charge is -2.41. The summed E-state index contributed by atoms with van der Waals surface area (Å²) in [6.45, 7) is 13.5. The van der Waals surface area contributed by atoms with Crippen LogP contribution in [0.1, 0.15) is 130 Å². The molecule has 0 amide bonds. The molecule has 0 bridgehead atoms. The fraction of sp³-hybridized carbons (Fsp3) is 0.966. The van der Waals surface area contributed by atoms with E-state index in [0.717, 1.165) is 64.7 Å². The third-order valence-electron chi connectivity index (χ3n) is 7.96. The van der Waals surface area contributed by atoms with Gasteiger partial charge in [-0.1, -0.05) is 66.2 Å². The van der Waals surface area contributed by atoms with E-state index in [-0.39, 0.29) is 12.2 Å². The average molecular weight is 481 g/mol. The number of nitrogens with zero attached hydrogens (tertiary/aromatic N) is 2. The van der Waals surface area contributed by atoms with Crippen LogP contribution in [0.5, 0.6) is 0 Å². The van der Waals surface area contributed by atoms with Crippen LogP contribution in [-0.2, 0) is 9.47 Å². The second-order valence-electron chi connectivity index (χ2n) is 10.8. The van der Waals surface area contributed by atoms with Crippen LogP contribution in [0.25, 0.3) is 0 Å². The number of unbranched alkanes of at least 4 members (excludes halogenated alkanes) is 4. The van der Waals surface area contributed by atoms with Gasteiger partial charge in [0.25, 0.3) is 0 Å². The number of ether oxygens (including phenoxy) is 2. The van der Waals surface area contributed by atoms with Crippen LogP contribution in [-0.4, -0.2) is 66.4 Å².